The van der Waals surface area contributed by atoms with Crippen LogP contribution in [0.5, 0.6) is 0 Å². The molecule has 0 bridgehead atoms. The number of cyclic esters (lactones) is 1. The van der Waals surface area contributed by atoms with Gasteiger partial charge in [0.25, 0.3) is 0 Å². The summed E-state index contributed by atoms with van der Waals surface area (Å²) in [7, 11) is 0. The first-order valence-corrected chi connectivity index (χ1v) is 5.91. The number of rotatable bonds is 3. The van der Waals surface area contributed by atoms with Crippen molar-refractivity contribution in [3.8, 4) is 0 Å². The summed E-state index contributed by atoms with van der Waals surface area (Å²) in [4.78, 5) is 22.7. The van der Waals surface area contributed by atoms with E-state index in [4.69, 9.17) is 9.47 Å². The molecule has 2 rings (SSSR count). The van der Waals surface area contributed by atoms with Crippen molar-refractivity contribution in [3.05, 3.63) is 24.0 Å². The minimum Gasteiger partial charge on any atom is -0.462 e. The van der Waals surface area contributed by atoms with Crippen LogP contribution in [-0.4, -0.2) is 18.5 Å². The zero-order valence-corrected chi connectivity index (χ0v) is 9.74. The lowest BCUT2D eigenvalue weighted by atomic mass is 10.1. The smallest absolute Gasteiger partial charge is 0.330 e. The fourth-order valence-corrected chi connectivity index (χ4v) is 2.12. The molecular weight excluding hydrogens is 220 g/mol. The normalized spacial score (nSPS) is 23.8. The van der Waals surface area contributed by atoms with E-state index >= 15 is 0 Å². The van der Waals surface area contributed by atoms with Crippen LogP contribution in [0.25, 0.3) is 0 Å². The Morgan fingerprint density at radius 1 is 1.47 bits per heavy atom. The Labute approximate surface area is 100 Å². The topological polar surface area (TPSA) is 52.6 Å². The molecule has 0 aromatic rings. The highest BCUT2D eigenvalue weighted by molar-refractivity contribution is 5.83. The Bertz CT molecular complexity index is 373. The summed E-state index contributed by atoms with van der Waals surface area (Å²) in [6, 6.07) is 0. The van der Waals surface area contributed by atoms with E-state index in [2.05, 4.69) is 6.58 Å². The molecule has 0 amide bonds. The number of carbonyl (C=O) groups is 2. The highest BCUT2D eigenvalue weighted by Crippen LogP contribution is 2.25. The average molecular weight is 236 g/mol. The van der Waals surface area contributed by atoms with Crippen molar-refractivity contribution in [2.75, 3.05) is 6.61 Å². The maximum Gasteiger partial charge on any atom is 0.330 e. The standard InChI is InChI=1S/C13H16O4/c1-9-6-11(13(15)17-9)8-16-12(14)7-10-4-2-3-5-10/h7,11H,1-6,8H2. The minimum absolute atomic E-state index is 0.0838. The van der Waals surface area contributed by atoms with Gasteiger partial charge in [0.1, 0.15) is 12.4 Å². The third kappa shape index (κ3) is 3.19. The van der Waals surface area contributed by atoms with Crippen LogP contribution < -0.4 is 0 Å². The van der Waals surface area contributed by atoms with Crippen LogP contribution in [0, 0.1) is 5.92 Å². The van der Waals surface area contributed by atoms with Crippen LogP contribution in [0.2, 0.25) is 0 Å². The van der Waals surface area contributed by atoms with Gasteiger partial charge in [-0.05, 0) is 25.7 Å². The van der Waals surface area contributed by atoms with Gasteiger partial charge >= 0.3 is 11.9 Å². The van der Waals surface area contributed by atoms with Gasteiger partial charge in [0.2, 0.25) is 0 Å². The Hall–Kier alpha value is -1.58. The zero-order valence-electron chi connectivity index (χ0n) is 9.74. The third-order valence-electron chi connectivity index (χ3n) is 3.05. The maximum absolute atomic E-state index is 11.5. The molecular formula is C13H16O4. The molecule has 92 valence electrons. The van der Waals surface area contributed by atoms with Gasteiger partial charge in [0.15, 0.2) is 0 Å². The number of carbonyl (C=O) groups excluding carboxylic acids is 2. The van der Waals surface area contributed by atoms with E-state index in [0.29, 0.717) is 12.2 Å². The molecule has 0 aromatic heterocycles. The molecule has 4 nitrogen and oxygen atoms in total. The predicted molar refractivity (Wildman–Crippen MR) is 60.8 cm³/mol. The van der Waals surface area contributed by atoms with Crippen LogP contribution in [0.4, 0.5) is 0 Å². The van der Waals surface area contributed by atoms with Crippen LogP contribution in [0.3, 0.4) is 0 Å². The van der Waals surface area contributed by atoms with E-state index in [0.717, 1.165) is 31.3 Å². The van der Waals surface area contributed by atoms with Gasteiger partial charge in [-0.1, -0.05) is 12.2 Å². The molecule has 0 aromatic carbocycles. The first-order valence-electron chi connectivity index (χ1n) is 5.91. The summed E-state index contributed by atoms with van der Waals surface area (Å²) in [5.74, 6) is -0.637. The van der Waals surface area contributed by atoms with Gasteiger partial charge in [0, 0.05) is 12.5 Å². The van der Waals surface area contributed by atoms with Crippen LogP contribution in [0.1, 0.15) is 32.1 Å². The molecule has 0 N–H and O–H groups in total. The monoisotopic (exact) mass is 236 g/mol. The van der Waals surface area contributed by atoms with Crippen molar-refractivity contribution >= 4 is 11.9 Å². The lowest BCUT2D eigenvalue weighted by Crippen LogP contribution is -2.17. The molecule has 0 radical (unpaired) electrons. The highest BCUT2D eigenvalue weighted by Gasteiger charge is 2.30. The van der Waals surface area contributed by atoms with Gasteiger partial charge in [0.05, 0.1) is 5.92 Å². The van der Waals surface area contributed by atoms with Gasteiger partial charge in [-0.25, -0.2) is 4.79 Å². The Morgan fingerprint density at radius 2 is 2.18 bits per heavy atom. The van der Waals surface area contributed by atoms with E-state index < -0.39 is 0 Å². The van der Waals surface area contributed by atoms with E-state index in [1.165, 1.54) is 0 Å². The molecule has 0 spiro atoms. The summed E-state index contributed by atoms with van der Waals surface area (Å²) in [5.41, 5.74) is 1.15. The number of esters is 2. The van der Waals surface area contributed by atoms with E-state index in [9.17, 15) is 9.59 Å². The minimum atomic E-state index is -0.381. The van der Waals surface area contributed by atoms with E-state index in [1.54, 1.807) is 6.08 Å². The van der Waals surface area contributed by atoms with Gasteiger partial charge in [-0.3, -0.25) is 4.79 Å². The quantitative estimate of drug-likeness (QED) is 0.556. The predicted octanol–water partition coefficient (Wildman–Crippen LogP) is 2.11. The van der Waals surface area contributed by atoms with Crippen molar-refractivity contribution in [2.45, 2.75) is 32.1 Å². The second-order valence-electron chi connectivity index (χ2n) is 4.50. The number of hydrogen-bond donors (Lipinski definition) is 0. The fraction of sp³-hybridized carbons (Fsp3) is 0.538. The van der Waals surface area contributed by atoms with Crippen molar-refractivity contribution in [1.29, 1.82) is 0 Å². The Morgan fingerprint density at radius 3 is 2.76 bits per heavy atom. The largest absolute Gasteiger partial charge is 0.462 e. The van der Waals surface area contributed by atoms with E-state index in [-0.39, 0.29) is 24.5 Å². The molecule has 1 atom stereocenters. The molecule has 1 unspecified atom stereocenters. The molecule has 2 fully saturated rings. The molecule has 17 heavy (non-hydrogen) atoms. The van der Waals surface area contributed by atoms with Crippen molar-refractivity contribution in [2.24, 2.45) is 5.92 Å². The highest BCUT2D eigenvalue weighted by atomic mass is 16.6. The first kappa shape index (κ1) is 11.9. The van der Waals surface area contributed by atoms with Gasteiger partial charge in [-0.2, -0.15) is 0 Å². The molecule has 1 aliphatic heterocycles. The summed E-state index contributed by atoms with van der Waals surface area (Å²) >= 11 is 0. The maximum atomic E-state index is 11.5. The average Bonchev–Trinajstić information content (AvgIpc) is 2.86. The van der Waals surface area contributed by atoms with E-state index in [1.807, 2.05) is 0 Å². The Kier molecular flexibility index (Phi) is 3.61. The van der Waals surface area contributed by atoms with Gasteiger partial charge in [-0.15, -0.1) is 0 Å². The van der Waals surface area contributed by atoms with Crippen molar-refractivity contribution in [1.82, 2.24) is 0 Å². The third-order valence-corrected chi connectivity index (χ3v) is 3.05. The molecule has 4 heteroatoms. The Balaban J connectivity index is 1.78. The van der Waals surface area contributed by atoms with Crippen LogP contribution >= 0.6 is 0 Å². The summed E-state index contributed by atoms with van der Waals surface area (Å²) in [6.45, 7) is 3.65. The zero-order chi connectivity index (χ0) is 12.3. The van der Waals surface area contributed by atoms with Crippen molar-refractivity contribution in [3.63, 3.8) is 0 Å². The second-order valence-corrected chi connectivity index (χ2v) is 4.50. The van der Waals surface area contributed by atoms with Crippen molar-refractivity contribution < 1.29 is 19.1 Å². The molecule has 1 saturated heterocycles. The summed E-state index contributed by atoms with van der Waals surface area (Å²) in [5, 5.41) is 0. The lowest BCUT2D eigenvalue weighted by Gasteiger charge is -2.05. The number of ether oxygens (including phenoxy) is 2. The fourth-order valence-electron chi connectivity index (χ4n) is 2.12. The first-order chi connectivity index (χ1) is 8.15. The molecule has 1 saturated carbocycles. The van der Waals surface area contributed by atoms with Crippen LogP contribution in [0.15, 0.2) is 24.0 Å². The number of allylic oxidation sites excluding steroid dienone is 2. The molecule has 2 aliphatic rings. The molecule has 1 heterocycles. The summed E-state index contributed by atoms with van der Waals surface area (Å²) < 4.78 is 9.85. The summed E-state index contributed by atoms with van der Waals surface area (Å²) in [6.07, 6.45) is 6.27. The van der Waals surface area contributed by atoms with Gasteiger partial charge < -0.3 is 9.47 Å². The SMILES string of the molecule is C=C1CC(COC(=O)C=C2CCCC2)C(=O)O1. The molecule has 1 aliphatic carbocycles. The number of hydrogen-bond acceptors (Lipinski definition) is 4. The van der Waals surface area contributed by atoms with Crippen LogP contribution in [-0.2, 0) is 19.1 Å². The second kappa shape index (κ2) is 5.17. The lowest BCUT2D eigenvalue weighted by molar-refractivity contribution is -0.145.